The summed E-state index contributed by atoms with van der Waals surface area (Å²) in [5, 5.41) is 0. The van der Waals surface area contributed by atoms with Gasteiger partial charge >= 0.3 is 0 Å². The van der Waals surface area contributed by atoms with Crippen LogP contribution in [0.1, 0.15) is 0 Å². The van der Waals surface area contributed by atoms with Crippen LogP contribution >= 0.6 is 15.9 Å². The van der Waals surface area contributed by atoms with Crippen LogP contribution in [-0.4, -0.2) is 9.97 Å². The van der Waals surface area contributed by atoms with Gasteiger partial charge in [0.15, 0.2) is 5.95 Å². The molecule has 2 rings (SSSR count). The molecule has 3 nitrogen and oxygen atoms in total. The molecule has 0 saturated carbocycles. The van der Waals surface area contributed by atoms with Gasteiger partial charge in [-0.1, -0.05) is 6.07 Å². The van der Waals surface area contributed by atoms with Crippen LogP contribution in [0.4, 0.5) is 10.3 Å². The monoisotopic (exact) mass is 255 g/mol. The summed E-state index contributed by atoms with van der Waals surface area (Å²) in [5.41, 5.74) is 6.83. The molecule has 0 spiro atoms. The maximum Gasteiger partial charge on any atom is 0.197 e. The molecular weight excluding hydrogens is 249 g/mol. The number of aromatic amines is 1. The fourth-order valence-electron chi connectivity index (χ4n) is 1.15. The smallest absolute Gasteiger partial charge is 0.197 e. The first-order chi connectivity index (χ1) is 6.66. The molecule has 3 N–H and O–H groups in total. The van der Waals surface area contributed by atoms with E-state index in [2.05, 4.69) is 25.9 Å². The predicted octanol–water partition coefficient (Wildman–Crippen LogP) is 2.56. The number of nitrogens with one attached hydrogen (secondary N) is 1. The molecule has 0 bridgehead atoms. The highest BCUT2D eigenvalue weighted by molar-refractivity contribution is 9.10. The lowest BCUT2D eigenvalue weighted by Crippen LogP contribution is -1.86. The number of imidazole rings is 1. The van der Waals surface area contributed by atoms with Crippen LogP contribution in [0.5, 0.6) is 0 Å². The van der Waals surface area contributed by atoms with Crippen molar-refractivity contribution in [1.29, 1.82) is 0 Å². The van der Waals surface area contributed by atoms with Crippen LogP contribution in [-0.2, 0) is 0 Å². The minimum atomic E-state index is -0.310. The Morgan fingerprint density at radius 2 is 2.21 bits per heavy atom. The van der Waals surface area contributed by atoms with E-state index in [1.54, 1.807) is 18.3 Å². The zero-order valence-corrected chi connectivity index (χ0v) is 8.68. The molecule has 72 valence electrons. The van der Waals surface area contributed by atoms with Gasteiger partial charge in [-0.25, -0.2) is 9.37 Å². The van der Waals surface area contributed by atoms with Crippen LogP contribution in [0.2, 0.25) is 0 Å². The molecule has 1 aromatic carbocycles. The number of halogens is 2. The van der Waals surface area contributed by atoms with Crippen LogP contribution in [0, 0.1) is 5.82 Å². The van der Waals surface area contributed by atoms with Crippen molar-refractivity contribution in [2.45, 2.75) is 0 Å². The summed E-state index contributed by atoms with van der Waals surface area (Å²) in [6.07, 6.45) is 1.57. The summed E-state index contributed by atoms with van der Waals surface area (Å²) in [7, 11) is 0. The Bertz CT molecular complexity index is 467. The lowest BCUT2D eigenvalue weighted by Gasteiger charge is -1.98. The van der Waals surface area contributed by atoms with Crippen LogP contribution in [0.3, 0.4) is 0 Å². The standard InChI is InChI=1S/C9H7BrFN3/c10-6-2-1-5(3-7(6)11)8-4-13-9(12)14-8/h1-4H,(H3,12,13,14). The molecule has 0 aliphatic carbocycles. The lowest BCUT2D eigenvalue weighted by atomic mass is 10.2. The number of hydrogen-bond donors (Lipinski definition) is 2. The molecule has 1 heterocycles. The van der Waals surface area contributed by atoms with Gasteiger partial charge in [0, 0.05) is 5.56 Å². The van der Waals surface area contributed by atoms with E-state index in [1.807, 2.05) is 0 Å². The van der Waals surface area contributed by atoms with Crippen molar-refractivity contribution in [3.63, 3.8) is 0 Å². The fourth-order valence-corrected chi connectivity index (χ4v) is 1.39. The van der Waals surface area contributed by atoms with E-state index in [1.165, 1.54) is 6.07 Å². The number of aromatic nitrogens is 2. The number of nitrogens with two attached hydrogens (primary N) is 1. The SMILES string of the molecule is Nc1ncc(-c2ccc(Br)c(F)c2)[nH]1. The Balaban J connectivity index is 2.47. The molecule has 0 saturated heterocycles. The van der Waals surface area contributed by atoms with E-state index < -0.39 is 0 Å². The van der Waals surface area contributed by atoms with Crippen molar-refractivity contribution < 1.29 is 4.39 Å². The lowest BCUT2D eigenvalue weighted by molar-refractivity contribution is 0.621. The van der Waals surface area contributed by atoms with Gasteiger partial charge in [-0.15, -0.1) is 0 Å². The molecule has 1 aromatic heterocycles. The first-order valence-electron chi connectivity index (χ1n) is 3.93. The molecule has 5 heteroatoms. The third kappa shape index (κ3) is 1.63. The third-order valence-electron chi connectivity index (χ3n) is 1.83. The van der Waals surface area contributed by atoms with E-state index in [-0.39, 0.29) is 5.82 Å². The van der Waals surface area contributed by atoms with Crippen molar-refractivity contribution >= 4 is 21.9 Å². The van der Waals surface area contributed by atoms with Crippen molar-refractivity contribution in [3.05, 3.63) is 34.7 Å². The average molecular weight is 256 g/mol. The highest BCUT2D eigenvalue weighted by Crippen LogP contribution is 2.23. The van der Waals surface area contributed by atoms with Gasteiger partial charge in [0.25, 0.3) is 0 Å². The van der Waals surface area contributed by atoms with Crippen LogP contribution in [0.25, 0.3) is 11.3 Å². The summed E-state index contributed by atoms with van der Waals surface area (Å²) >= 11 is 3.08. The van der Waals surface area contributed by atoms with Gasteiger partial charge in [0.05, 0.1) is 16.4 Å². The van der Waals surface area contributed by atoms with Gasteiger partial charge in [-0.05, 0) is 28.1 Å². The van der Waals surface area contributed by atoms with Gasteiger partial charge in [0.1, 0.15) is 5.82 Å². The topological polar surface area (TPSA) is 54.7 Å². The average Bonchev–Trinajstić information content (AvgIpc) is 2.57. The molecule has 0 aliphatic heterocycles. The number of anilines is 1. The van der Waals surface area contributed by atoms with Crippen LogP contribution in [0.15, 0.2) is 28.9 Å². The van der Waals surface area contributed by atoms with E-state index in [0.29, 0.717) is 16.1 Å². The van der Waals surface area contributed by atoms with Crippen molar-refractivity contribution in [2.24, 2.45) is 0 Å². The summed E-state index contributed by atoms with van der Waals surface area (Å²) in [6.45, 7) is 0. The summed E-state index contributed by atoms with van der Waals surface area (Å²) in [4.78, 5) is 6.66. The van der Waals surface area contributed by atoms with Gasteiger partial charge in [-0.2, -0.15) is 0 Å². The summed E-state index contributed by atoms with van der Waals surface area (Å²) in [5.74, 6) is 0.0130. The second-order valence-electron chi connectivity index (χ2n) is 2.81. The van der Waals surface area contributed by atoms with Gasteiger partial charge in [-0.3, -0.25) is 0 Å². The maximum atomic E-state index is 13.2. The quantitative estimate of drug-likeness (QED) is 0.823. The largest absolute Gasteiger partial charge is 0.369 e. The van der Waals surface area contributed by atoms with Crippen molar-refractivity contribution in [1.82, 2.24) is 9.97 Å². The molecule has 0 atom stereocenters. The molecule has 0 aliphatic rings. The maximum absolute atomic E-state index is 13.2. The van der Waals surface area contributed by atoms with E-state index >= 15 is 0 Å². The highest BCUT2D eigenvalue weighted by Gasteiger charge is 2.04. The van der Waals surface area contributed by atoms with Gasteiger partial charge < -0.3 is 10.7 Å². The Morgan fingerprint density at radius 1 is 1.43 bits per heavy atom. The third-order valence-corrected chi connectivity index (χ3v) is 2.47. The number of H-pyrrole nitrogens is 1. The summed E-state index contributed by atoms with van der Waals surface area (Å²) in [6, 6.07) is 4.83. The molecule has 0 amide bonds. The van der Waals surface area contributed by atoms with E-state index in [9.17, 15) is 4.39 Å². The number of nitrogen functional groups attached to an aromatic ring is 1. The zero-order chi connectivity index (χ0) is 10.1. The Labute approximate surface area is 88.3 Å². The minimum absolute atomic E-state index is 0.310. The highest BCUT2D eigenvalue weighted by atomic mass is 79.9. The Morgan fingerprint density at radius 3 is 2.79 bits per heavy atom. The number of hydrogen-bond acceptors (Lipinski definition) is 2. The zero-order valence-electron chi connectivity index (χ0n) is 7.09. The Hall–Kier alpha value is -1.36. The molecule has 0 radical (unpaired) electrons. The van der Waals surface area contributed by atoms with E-state index in [0.717, 1.165) is 5.56 Å². The summed E-state index contributed by atoms with van der Waals surface area (Å²) < 4.78 is 13.6. The molecule has 14 heavy (non-hydrogen) atoms. The second kappa shape index (κ2) is 3.42. The number of nitrogens with zero attached hydrogens (tertiary/aromatic N) is 1. The molecular formula is C9H7BrFN3. The number of benzene rings is 1. The molecule has 0 unspecified atom stereocenters. The fraction of sp³-hybridized carbons (Fsp3) is 0. The van der Waals surface area contributed by atoms with E-state index in [4.69, 9.17) is 5.73 Å². The van der Waals surface area contributed by atoms with Gasteiger partial charge in [0.2, 0.25) is 0 Å². The Kier molecular flexibility index (Phi) is 2.25. The van der Waals surface area contributed by atoms with Crippen molar-refractivity contribution in [2.75, 3.05) is 5.73 Å². The normalized spacial score (nSPS) is 10.4. The van der Waals surface area contributed by atoms with Crippen LogP contribution < -0.4 is 5.73 Å². The second-order valence-corrected chi connectivity index (χ2v) is 3.67. The first kappa shape index (κ1) is 9.21. The van der Waals surface area contributed by atoms with Crippen molar-refractivity contribution in [3.8, 4) is 11.3 Å². The number of rotatable bonds is 1. The first-order valence-corrected chi connectivity index (χ1v) is 4.72. The predicted molar refractivity (Wildman–Crippen MR) is 56.1 cm³/mol. The molecule has 0 fully saturated rings. The minimum Gasteiger partial charge on any atom is -0.369 e. The molecule has 2 aromatic rings.